The van der Waals surface area contributed by atoms with Crippen molar-refractivity contribution in [3.8, 4) is 5.75 Å². The average molecular weight is 472 g/mol. The van der Waals surface area contributed by atoms with Gasteiger partial charge in [-0.2, -0.15) is 0 Å². The number of hydrogen-bond acceptors (Lipinski definition) is 3. The minimum absolute atomic E-state index is 0.0823. The molecule has 5 heteroatoms. The second kappa shape index (κ2) is 9.34. The Hall–Kier alpha value is -2.14. The summed E-state index contributed by atoms with van der Waals surface area (Å²) in [7, 11) is 0. The van der Waals surface area contributed by atoms with E-state index in [0.29, 0.717) is 23.8 Å². The van der Waals surface area contributed by atoms with Gasteiger partial charge in [-0.05, 0) is 76.9 Å². The summed E-state index contributed by atoms with van der Waals surface area (Å²) in [5, 5.41) is 0. The molecule has 4 rings (SSSR count). The van der Waals surface area contributed by atoms with Crippen LogP contribution < -0.4 is 4.74 Å². The summed E-state index contributed by atoms with van der Waals surface area (Å²) >= 11 is 3.57. The lowest BCUT2D eigenvalue weighted by atomic mass is 9.80. The Balaban J connectivity index is 0.00000124. The number of carbonyl (C=O) groups is 2. The molecule has 0 saturated heterocycles. The van der Waals surface area contributed by atoms with Crippen molar-refractivity contribution in [2.45, 2.75) is 64.9 Å². The van der Waals surface area contributed by atoms with E-state index < -0.39 is 0 Å². The Morgan fingerprint density at radius 2 is 1.63 bits per heavy atom. The fourth-order valence-corrected chi connectivity index (χ4v) is 3.99. The van der Waals surface area contributed by atoms with Crippen LogP contribution in [0.15, 0.2) is 46.9 Å². The Morgan fingerprint density at radius 3 is 2.20 bits per heavy atom. The van der Waals surface area contributed by atoms with E-state index in [-0.39, 0.29) is 17.2 Å². The van der Waals surface area contributed by atoms with Crippen LogP contribution in [-0.2, 0) is 5.41 Å². The van der Waals surface area contributed by atoms with Crippen LogP contribution in [-0.4, -0.2) is 29.4 Å². The topological polar surface area (TPSA) is 46.6 Å². The second-order valence-electron chi connectivity index (χ2n) is 8.26. The standard InChI is InChI=1S/C23H24BrNO3.C2H6/c1-23(2,15-8-11-19(24)20(14-15)28-16-9-10-16)12-5-13-25-21(26)17-6-3-4-7-18(17)22(25)27;1-2/h3-4,6-8,11,14,16H,5,9-10,12-13H2,1-2H3;1-2H3. The number of imide groups is 1. The summed E-state index contributed by atoms with van der Waals surface area (Å²) in [6.07, 6.45) is 4.22. The predicted molar refractivity (Wildman–Crippen MR) is 123 cm³/mol. The maximum atomic E-state index is 12.5. The van der Waals surface area contributed by atoms with Crippen molar-refractivity contribution in [2.24, 2.45) is 0 Å². The maximum Gasteiger partial charge on any atom is 0.261 e. The van der Waals surface area contributed by atoms with Gasteiger partial charge < -0.3 is 4.74 Å². The molecule has 0 spiro atoms. The Bertz CT molecular complexity index is 899. The van der Waals surface area contributed by atoms with E-state index in [2.05, 4.69) is 41.9 Å². The summed E-state index contributed by atoms with van der Waals surface area (Å²) in [6, 6.07) is 13.3. The molecule has 0 radical (unpaired) electrons. The van der Waals surface area contributed by atoms with Gasteiger partial charge in [0.05, 0.1) is 21.7 Å². The maximum absolute atomic E-state index is 12.5. The van der Waals surface area contributed by atoms with Gasteiger partial charge in [-0.25, -0.2) is 0 Å². The molecule has 1 aliphatic heterocycles. The number of halogens is 1. The summed E-state index contributed by atoms with van der Waals surface area (Å²) < 4.78 is 6.97. The number of fused-ring (bicyclic) bond motifs is 1. The first-order valence-corrected chi connectivity index (χ1v) is 11.6. The average Bonchev–Trinajstić information content (AvgIpc) is 3.53. The summed E-state index contributed by atoms with van der Waals surface area (Å²) in [6.45, 7) is 8.83. The van der Waals surface area contributed by atoms with E-state index in [9.17, 15) is 9.59 Å². The second-order valence-corrected chi connectivity index (χ2v) is 9.11. The highest BCUT2D eigenvalue weighted by atomic mass is 79.9. The molecule has 160 valence electrons. The first kappa shape index (κ1) is 22.5. The number of benzene rings is 2. The first-order chi connectivity index (χ1) is 14.4. The molecular formula is C25H30BrNO3. The zero-order chi connectivity index (χ0) is 21.9. The van der Waals surface area contributed by atoms with E-state index in [1.54, 1.807) is 24.3 Å². The largest absolute Gasteiger partial charge is 0.489 e. The zero-order valence-electron chi connectivity index (χ0n) is 18.2. The van der Waals surface area contributed by atoms with Crippen molar-refractivity contribution in [1.82, 2.24) is 4.90 Å². The van der Waals surface area contributed by atoms with Crippen molar-refractivity contribution >= 4 is 27.7 Å². The highest BCUT2D eigenvalue weighted by Crippen LogP contribution is 2.37. The SMILES string of the molecule is CC.CC(C)(CCCN1C(=O)c2ccccc2C1=O)c1ccc(Br)c(OC2CC2)c1. The monoisotopic (exact) mass is 471 g/mol. The summed E-state index contributed by atoms with van der Waals surface area (Å²) in [5.41, 5.74) is 2.15. The van der Waals surface area contributed by atoms with Crippen LogP contribution in [0.25, 0.3) is 0 Å². The fraction of sp³-hybridized carbons (Fsp3) is 0.440. The molecule has 2 aromatic rings. The lowest BCUT2D eigenvalue weighted by molar-refractivity contribution is 0.0649. The van der Waals surface area contributed by atoms with Crippen LogP contribution in [0.5, 0.6) is 5.75 Å². The third-order valence-electron chi connectivity index (χ3n) is 5.59. The van der Waals surface area contributed by atoms with E-state index >= 15 is 0 Å². The molecular weight excluding hydrogens is 442 g/mol. The van der Waals surface area contributed by atoms with Crippen LogP contribution in [0.2, 0.25) is 0 Å². The number of nitrogens with zero attached hydrogens (tertiary/aromatic N) is 1. The summed E-state index contributed by atoms with van der Waals surface area (Å²) in [5.74, 6) is 0.540. The molecule has 1 heterocycles. The quantitative estimate of drug-likeness (QED) is 0.440. The number of amides is 2. The van der Waals surface area contributed by atoms with Crippen LogP contribution in [0.3, 0.4) is 0 Å². The van der Waals surface area contributed by atoms with Gasteiger partial charge in [-0.3, -0.25) is 14.5 Å². The third kappa shape index (κ3) is 4.77. The highest BCUT2D eigenvalue weighted by molar-refractivity contribution is 9.10. The molecule has 0 atom stereocenters. The Morgan fingerprint density at radius 1 is 1.03 bits per heavy atom. The molecule has 2 amide bonds. The van der Waals surface area contributed by atoms with Crippen LogP contribution in [0.4, 0.5) is 0 Å². The molecule has 1 aliphatic carbocycles. The van der Waals surface area contributed by atoms with Crippen molar-refractivity contribution in [3.63, 3.8) is 0 Å². The van der Waals surface area contributed by atoms with Gasteiger partial charge in [0.15, 0.2) is 0 Å². The fourth-order valence-electron chi connectivity index (χ4n) is 3.65. The van der Waals surface area contributed by atoms with Crippen LogP contribution in [0.1, 0.15) is 79.7 Å². The van der Waals surface area contributed by atoms with E-state index in [0.717, 1.165) is 35.9 Å². The number of ether oxygens (including phenoxy) is 1. The van der Waals surface area contributed by atoms with Gasteiger partial charge >= 0.3 is 0 Å². The molecule has 0 unspecified atom stereocenters. The van der Waals surface area contributed by atoms with Crippen molar-refractivity contribution < 1.29 is 14.3 Å². The molecule has 1 saturated carbocycles. The van der Waals surface area contributed by atoms with Crippen LogP contribution in [0, 0.1) is 0 Å². The normalized spacial score (nSPS) is 15.6. The smallest absolute Gasteiger partial charge is 0.261 e. The number of carbonyl (C=O) groups excluding carboxylic acids is 2. The van der Waals surface area contributed by atoms with E-state index in [4.69, 9.17) is 4.74 Å². The van der Waals surface area contributed by atoms with Gasteiger partial charge in [0, 0.05) is 6.54 Å². The lowest BCUT2D eigenvalue weighted by Crippen LogP contribution is -2.31. The van der Waals surface area contributed by atoms with Crippen molar-refractivity contribution in [3.05, 3.63) is 63.6 Å². The van der Waals surface area contributed by atoms with Gasteiger partial charge in [-0.15, -0.1) is 0 Å². The molecule has 2 aliphatic rings. The van der Waals surface area contributed by atoms with Crippen molar-refractivity contribution in [2.75, 3.05) is 6.54 Å². The van der Waals surface area contributed by atoms with Gasteiger partial charge in [0.1, 0.15) is 5.75 Å². The molecule has 30 heavy (non-hydrogen) atoms. The Kier molecular flexibility index (Phi) is 7.02. The summed E-state index contributed by atoms with van der Waals surface area (Å²) in [4.78, 5) is 26.4. The van der Waals surface area contributed by atoms with Crippen molar-refractivity contribution in [1.29, 1.82) is 0 Å². The molecule has 0 bridgehead atoms. The molecule has 2 aromatic carbocycles. The number of hydrogen-bond donors (Lipinski definition) is 0. The van der Waals surface area contributed by atoms with Gasteiger partial charge in [0.25, 0.3) is 11.8 Å². The molecule has 0 N–H and O–H groups in total. The van der Waals surface area contributed by atoms with Gasteiger partial charge in [-0.1, -0.05) is 45.9 Å². The van der Waals surface area contributed by atoms with Gasteiger partial charge in [0.2, 0.25) is 0 Å². The minimum Gasteiger partial charge on any atom is -0.489 e. The van der Waals surface area contributed by atoms with E-state index in [1.165, 1.54) is 10.5 Å². The highest BCUT2D eigenvalue weighted by Gasteiger charge is 2.35. The number of rotatable bonds is 7. The molecule has 4 nitrogen and oxygen atoms in total. The third-order valence-corrected chi connectivity index (χ3v) is 6.25. The molecule has 0 aromatic heterocycles. The predicted octanol–water partition coefficient (Wildman–Crippen LogP) is 6.37. The van der Waals surface area contributed by atoms with Crippen LogP contribution >= 0.6 is 15.9 Å². The minimum atomic E-state index is -0.179. The Labute approximate surface area is 187 Å². The zero-order valence-corrected chi connectivity index (χ0v) is 19.8. The molecule has 1 fully saturated rings. The van der Waals surface area contributed by atoms with E-state index in [1.807, 2.05) is 19.9 Å². The first-order valence-electron chi connectivity index (χ1n) is 10.8. The lowest BCUT2D eigenvalue weighted by Gasteiger charge is -2.27.